The van der Waals surface area contributed by atoms with Crippen LogP contribution in [-0.4, -0.2) is 46.7 Å². The summed E-state index contributed by atoms with van der Waals surface area (Å²) >= 11 is 0. The summed E-state index contributed by atoms with van der Waals surface area (Å²) in [6.45, 7) is 2.20. The number of hydrogen-bond donors (Lipinski definition) is 2. The molecule has 0 aliphatic carbocycles. The van der Waals surface area contributed by atoms with Crippen LogP contribution < -0.4 is 4.72 Å². The molecule has 1 fully saturated rings. The first-order valence-electron chi connectivity index (χ1n) is 8.47. The first kappa shape index (κ1) is 18.6. The lowest BCUT2D eigenvalue weighted by atomic mass is 9.99. The summed E-state index contributed by atoms with van der Waals surface area (Å²) < 4.78 is 31.1. The predicted octanol–water partition coefficient (Wildman–Crippen LogP) is 1.56. The summed E-state index contributed by atoms with van der Waals surface area (Å²) in [5.74, 6) is -1.34. The number of rotatable bonds is 6. The van der Waals surface area contributed by atoms with Gasteiger partial charge in [-0.25, -0.2) is 4.68 Å². The Morgan fingerprint density at radius 2 is 1.96 bits per heavy atom. The minimum Gasteiger partial charge on any atom is -0.481 e. The molecular formula is C17H22N4O4S. The molecule has 26 heavy (non-hydrogen) atoms. The summed E-state index contributed by atoms with van der Waals surface area (Å²) in [5.41, 5.74) is 1.61. The molecular weight excluding hydrogens is 356 g/mol. The molecule has 3 rings (SSSR count). The van der Waals surface area contributed by atoms with E-state index in [1.807, 2.05) is 24.3 Å². The Kier molecular flexibility index (Phi) is 5.40. The zero-order valence-corrected chi connectivity index (χ0v) is 15.3. The van der Waals surface area contributed by atoms with Gasteiger partial charge in [0, 0.05) is 31.5 Å². The monoisotopic (exact) mass is 378 g/mol. The van der Waals surface area contributed by atoms with Gasteiger partial charge in [-0.15, -0.1) is 0 Å². The molecule has 1 aliphatic heterocycles. The third-order valence-corrected chi connectivity index (χ3v) is 6.32. The van der Waals surface area contributed by atoms with E-state index in [9.17, 15) is 13.2 Å². The lowest BCUT2D eigenvalue weighted by molar-refractivity contribution is -0.142. The van der Waals surface area contributed by atoms with E-state index in [-0.39, 0.29) is 13.1 Å². The van der Waals surface area contributed by atoms with Gasteiger partial charge in [-0.1, -0.05) is 18.2 Å². The SMILES string of the molecule is C[C@H](NS(=O)(=O)N1CCC(C(=O)O)CC1)c1ccccc1-n1cccn1. The van der Waals surface area contributed by atoms with E-state index in [0.717, 1.165) is 11.3 Å². The second-order valence-corrected chi connectivity index (χ2v) is 8.07. The fourth-order valence-electron chi connectivity index (χ4n) is 3.18. The third-order valence-electron chi connectivity index (χ3n) is 4.62. The Morgan fingerprint density at radius 3 is 2.58 bits per heavy atom. The number of hydrogen-bond acceptors (Lipinski definition) is 4. The Hall–Kier alpha value is -2.23. The lowest BCUT2D eigenvalue weighted by Crippen LogP contribution is -2.46. The van der Waals surface area contributed by atoms with E-state index in [1.54, 1.807) is 30.1 Å². The van der Waals surface area contributed by atoms with Gasteiger partial charge in [-0.05, 0) is 37.5 Å². The van der Waals surface area contributed by atoms with Gasteiger partial charge < -0.3 is 5.11 Å². The molecule has 140 valence electrons. The van der Waals surface area contributed by atoms with Crippen molar-refractivity contribution in [2.24, 2.45) is 5.92 Å². The van der Waals surface area contributed by atoms with E-state index in [1.165, 1.54) is 4.31 Å². The van der Waals surface area contributed by atoms with Crippen LogP contribution in [0.4, 0.5) is 0 Å². The van der Waals surface area contributed by atoms with Gasteiger partial charge >= 0.3 is 5.97 Å². The van der Waals surface area contributed by atoms with E-state index in [0.29, 0.717) is 12.8 Å². The number of carboxylic acid groups (broad SMARTS) is 1. The number of benzene rings is 1. The fraction of sp³-hybridized carbons (Fsp3) is 0.412. The molecule has 1 atom stereocenters. The predicted molar refractivity (Wildman–Crippen MR) is 96.0 cm³/mol. The zero-order valence-electron chi connectivity index (χ0n) is 14.4. The van der Waals surface area contributed by atoms with Gasteiger partial charge in [0.1, 0.15) is 0 Å². The number of nitrogens with zero attached hydrogens (tertiary/aromatic N) is 3. The molecule has 2 heterocycles. The number of carbonyl (C=O) groups is 1. The average molecular weight is 378 g/mol. The van der Waals surface area contributed by atoms with Crippen LogP contribution in [0.15, 0.2) is 42.7 Å². The Bertz CT molecular complexity index is 859. The van der Waals surface area contributed by atoms with Crippen LogP contribution >= 0.6 is 0 Å². The minimum absolute atomic E-state index is 0.208. The number of aromatic nitrogens is 2. The van der Waals surface area contributed by atoms with Crippen molar-refractivity contribution < 1.29 is 18.3 Å². The highest BCUT2D eigenvalue weighted by molar-refractivity contribution is 7.87. The standard InChI is InChI=1S/C17H22N4O4S/c1-13(15-5-2-3-6-16(15)21-10-4-9-18-21)19-26(24,25)20-11-7-14(8-12-20)17(22)23/h2-6,9-10,13-14,19H,7-8,11-12H2,1H3,(H,22,23)/t13-/m0/s1. The molecule has 2 aromatic rings. The normalized spacial score (nSPS) is 17.9. The quantitative estimate of drug-likeness (QED) is 0.794. The molecule has 0 unspecified atom stereocenters. The third kappa shape index (κ3) is 3.95. The highest BCUT2D eigenvalue weighted by Crippen LogP contribution is 2.24. The Labute approximate surface area is 152 Å². The molecule has 0 radical (unpaired) electrons. The van der Waals surface area contributed by atoms with Crippen molar-refractivity contribution in [3.05, 3.63) is 48.3 Å². The van der Waals surface area contributed by atoms with E-state index in [2.05, 4.69) is 9.82 Å². The zero-order chi connectivity index (χ0) is 18.7. The van der Waals surface area contributed by atoms with E-state index in [4.69, 9.17) is 5.11 Å². The maximum Gasteiger partial charge on any atom is 0.306 e. The van der Waals surface area contributed by atoms with Crippen LogP contribution in [0.3, 0.4) is 0 Å². The number of para-hydroxylation sites is 1. The molecule has 0 amide bonds. The van der Waals surface area contributed by atoms with Gasteiger partial charge in [0.25, 0.3) is 10.2 Å². The maximum atomic E-state index is 12.7. The Morgan fingerprint density at radius 1 is 1.27 bits per heavy atom. The van der Waals surface area contributed by atoms with Crippen LogP contribution in [0.5, 0.6) is 0 Å². The number of aliphatic carboxylic acids is 1. The van der Waals surface area contributed by atoms with Gasteiger partial charge in [-0.2, -0.15) is 22.5 Å². The summed E-state index contributed by atoms with van der Waals surface area (Å²) in [5, 5.41) is 13.3. The maximum absolute atomic E-state index is 12.7. The van der Waals surface area contributed by atoms with Crippen molar-refractivity contribution in [1.82, 2.24) is 18.8 Å². The molecule has 1 aliphatic rings. The highest BCUT2D eigenvalue weighted by atomic mass is 32.2. The summed E-state index contributed by atoms with van der Waals surface area (Å²) in [4.78, 5) is 11.0. The molecule has 1 aromatic heterocycles. The molecule has 0 spiro atoms. The van der Waals surface area contributed by atoms with Gasteiger partial charge in [0.05, 0.1) is 11.6 Å². The van der Waals surface area contributed by atoms with Crippen LogP contribution in [0.1, 0.15) is 31.4 Å². The fourth-order valence-corrected chi connectivity index (χ4v) is 4.59. The highest BCUT2D eigenvalue weighted by Gasteiger charge is 2.32. The van der Waals surface area contributed by atoms with Gasteiger partial charge in [0.2, 0.25) is 0 Å². The van der Waals surface area contributed by atoms with Crippen molar-refractivity contribution in [1.29, 1.82) is 0 Å². The average Bonchev–Trinajstić information content (AvgIpc) is 3.16. The lowest BCUT2D eigenvalue weighted by Gasteiger charge is -2.30. The Balaban J connectivity index is 1.74. The van der Waals surface area contributed by atoms with Crippen molar-refractivity contribution in [2.75, 3.05) is 13.1 Å². The first-order valence-corrected chi connectivity index (χ1v) is 9.91. The molecule has 9 heteroatoms. The largest absolute Gasteiger partial charge is 0.481 e. The smallest absolute Gasteiger partial charge is 0.306 e. The van der Waals surface area contributed by atoms with Gasteiger partial charge in [-0.3, -0.25) is 4.79 Å². The van der Waals surface area contributed by atoms with Crippen molar-refractivity contribution in [2.45, 2.75) is 25.8 Å². The van der Waals surface area contributed by atoms with E-state index < -0.39 is 28.1 Å². The van der Waals surface area contributed by atoms with Crippen LogP contribution in [0.25, 0.3) is 5.69 Å². The summed E-state index contributed by atoms with van der Waals surface area (Å²) in [6, 6.07) is 8.81. The summed E-state index contributed by atoms with van der Waals surface area (Å²) in [7, 11) is -3.70. The van der Waals surface area contributed by atoms with Crippen LogP contribution in [-0.2, 0) is 15.0 Å². The molecule has 2 N–H and O–H groups in total. The minimum atomic E-state index is -3.70. The number of nitrogens with one attached hydrogen (secondary N) is 1. The van der Waals surface area contributed by atoms with Crippen molar-refractivity contribution in [3.8, 4) is 5.69 Å². The first-order chi connectivity index (χ1) is 12.4. The second kappa shape index (κ2) is 7.56. The topological polar surface area (TPSA) is 105 Å². The number of carboxylic acids is 1. The molecule has 1 aromatic carbocycles. The molecule has 0 bridgehead atoms. The van der Waals surface area contributed by atoms with Crippen LogP contribution in [0, 0.1) is 5.92 Å². The van der Waals surface area contributed by atoms with Gasteiger partial charge in [0.15, 0.2) is 0 Å². The molecule has 8 nitrogen and oxygen atoms in total. The van der Waals surface area contributed by atoms with E-state index >= 15 is 0 Å². The second-order valence-electron chi connectivity index (χ2n) is 6.37. The molecule has 0 saturated carbocycles. The van der Waals surface area contributed by atoms with Crippen molar-refractivity contribution in [3.63, 3.8) is 0 Å². The van der Waals surface area contributed by atoms with Crippen molar-refractivity contribution >= 4 is 16.2 Å². The molecule has 1 saturated heterocycles. The number of piperidine rings is 1. The van der Waals surface area contributed by atoms with Crippen LogP contribution in [0.2, 0.25) is 0 Å². The summed E-state index contributed by atoms with van der Waals surface area (Å²) in [6.07, 6.45) is 4.12.